The SMILES string of the molecule is c1ccc(COCCOCCOCCOCCOc2ccc(OCCOCCOCCOCCOCc3ccccc3)cc2)cc1. The second kappa shape index (κ2) is 27.1. The van der Waals surface area contributed by atoms with Gasteiger partial charge in [0.05, 0.1) is 106 Å². The minimum Gasteiger partial charge on any atom is -0.491 e. The predicted molar refractivity (Wildman–Crippen MR) is 175 cm³/mol. The molecule has 0 N–H and O–H groups in total. The van der Waals surface area contributed by atoms with Crippen LogP contribution in [-0.2, 0) is 51.1 Å². The van der Waals surface area contributed by atoms with Crippen molar-refractivity contribution >= 4 is 0 Å². The standard InChI is InChI=1S/C36H50O10/c1-3-7-33(8-4-1)31-43-25-23-39-17-15-37-19-21-41-27-29-45-35-11-13-36(14-12-35)46-30-28-42-22-20-38-16-18-40-24-26-44-32-34-9-5-2-6-10-34/h1-14H,15-32H2. The molecule has 0 heterocycles. The van der Waals surface area contributed by atoms with Crippen LogP contribution in [0.25, 0.3) is 0 Å². The Morgan fingerprint density at radius 1 is 0.261 bits per heavy atom. The van der Waals surface area contributed by atoms with Gasteiger partial charge < -0.3 is 47.4 Å². The molecule has 0 aliphatic rings. The van der Waals surface area contributed by atoms with E-state index in [1.807, 2.05) is 84.9 Å². The lowest BCUT2D eigenvalue weighted by Crippen LogP contribution is -2.14. The Labute approximate surface area is 273 Å². The van der Waals surface area contributed by atoms with Gasteiger partial charge in [-0.05, 0) is 35.4 Å². The van der Waals surface area contributed by atoms with E-state index < -0.39 is 0 Å². The fraction of sp³-hybridized carbons (Fsp3) is 0.500. The van der Waals surface area contributed by atoms with E-state index in [1.54, 1.807) is 0 Å². The molecule has 3 aromatic carbocycles. The van der Waals surface area contributed by atoms with Crippen molar-refractivity contribution < 1.29 is 47.4 Å². The van der Waals surface area contributed by atoms with Crippen molar-refractivity contribution in [1.82, 2.24) is 0 Å². The van der Waals surface area contributed by atoms with E-state index in [4.69, 9.17) is 47.4 Å². The fourth-order valence-electron chi connectivity index (χ4n) is 3.92. The summed E-state index contributed by atoms with van der Waals surface area (Å²) in [5.41, 5.74) is 2.32. The second-order valence-electron chi connectivity index (χ2n) is 9.92. The first-order valence-electron chi connectivity index (χ1n) is 16.0. The van der Waals surface area contributed by atoms with E-state index in [0.29, 0.717) is 119 Å². The summed E-state index contributed by atoms with van der Waals surface area (Å²) >= 11 is 0. The van der Waals surface area contributed by atoms with E-state index in [9.17, 15) is 0 Å². The van der Waals surface area contributed by atoms with Crippen LogP contribution in [0, 0.1) is 0 Å². The lowest BCUT2D eigenvalue weighted by atomic mass is 10.2. The highest BCUT2D eigenvalue weighted by atomic mass is 16.6. The Morgan fingerprint density at radius 2 is 0.522 bits per heavy atom. The maximum Gasteiger partial charge on any atom is 0.119 e. The molecular weight excluding hydrogens is 592 g/mol. The molecule has 0 fully saturated rings. The summed E-state index contributed by atoms with van der Waals surface area (Å²) in [6, 6.07) is 27.7. The van der Waals surface area contributed by atoms with Gasteiger partial charge in [0.1, 0.15) is 24.7 Å². The molecule has 0 spiro atoms. The van der Waals surface area contributed by atoms with Crippen LogP contribution in [0.5, 0.6) is 11.5 Å². The number of benzene rings is 3. The van der Waals surface area contributed by atoms with Gasteiger partial charge in [0.15, 0.2) is 0 Å². The maximum atomic E-state index is 5.71. The second-order valence-corrected chi connectivity index (χ2v) is 9.92. The van der Waals surface area contributed by atoms with Crippen molar-refractivity contribution in [3.05, 3.63) is 96.1 Å². The van der Waals surface area contributed by atoms with Crippen LogP contribution < -0.4 is 9.47 Å². The zero-order valence-electron chi connectivity index (χ0n) is 26.9. The van der Waals surface area contributed by atoms with Crippen LogP contribution in [0.1, 0.15) is 11.1 Å². The van der Waals surface area contributed by atoms with E-state index in [1.165, 1.54) is 0 Å². The summed E-state index contributed by atoms with van der Waals surface area (Å²) in [6.45, 7) is 9.43. The van der Waals surface area contributed by atoms with E-state index >= 15 is 0 Å². The molecule has 0 bridgehead atoms. The lowest BCUT2D eigenvalue weighted by Gasteiger charge is -2.10. The van der Waals surface area contributed by atoms with Gasteiger partial charge >= 0.3 is 0 Å². The van der Waals surface area contributed by atoms with E-state index in [2.05, 4.69) is 0 Å². The molecule has 0 atom stereocenters. The van der Waals surface area contributed by atoms with Crippen molar-refractivity contribution in [3.63, 3.8) is 0 Å². The normalized spacial score (nSPS) is 11.1. The number of rotatable bonds is 30. The van der Waals surface area contributed by atoms with Crippen molar-refractivity contribution in [3.8, 4) is 11.5 Å². The van der Waals surface area contributed by atoms with Crippen LogP contribution in [0.4, 0.5) is 0 Å². The molecule has 0 amide bonds. The van der Waals surface area contributed by atoms with Gasteiger partial charge in [0.2, 0.25) is 0 Å². The van der Waals surface area contributed by atoms with E-state index in [-0.39, 0.29) is 0 Å². The van der Waals surface area contributed by atoms with E-state index in [0.717, 1.165) is 22.6 Å². The van der Waals surface area contributed by atoms with Gasteiger partial charge in [-0.1, -0.05) is 60.7 Å². The third-order valence-electron chi connectivity index (χ3n) is 6.27. The molecule has 0 saturated carbocycles. The van der Waals surface area contributed by atoms with Crippen molar-refractivity contribution in [2.24, 2.45) is 0 Å². The third kappa shape index (κ3) is 20.1. The monoisotopic (exact) mass is 642 g/mol. The molecule has 3 aromatic rings. The predicted octanol–water partition coefficient (Wildman–Crippen LogP) is 4.98. The van der Waals surface area contributed by atoms with Crippen LogP contribution >= 0.6 is 0 Å². The molecule has 0 aliphatic carbocycles. The summed E-state index contributed by atoms with van der Waals surface area (Å²) in [5, 5.41) is 0. The summed E-state index contributed by atoms with van der Waals surface area (Å²) in [4.78, 5) is 0. The maximum absolute atomic E-state index is 5.71. The Morgan fingerprint density at radius 3 is 0.826 bits per heavy atom. The molecule has 0 radical (unpaired) electrons. The van der Waals surface area contributed by atoms with Crippen LogP contribution in [-0.4, -0.2) is 106 Å². The first kappa shape index (κ1) is 37.4. The van der Waals surface area contributed by atoms with Gasteiger partial charge in [-0.2, -0.15) is 0 Å². The minimum atomic E-state index is 0.456. The highest BCUT2D eigenvalue weighted by Gasteiger charge is 1.99. The number of ether oxygens (including phenoxy) is 10. The van der Waals surface area contributed by atoms with Gasteiger partial charge in [-0.15, -0.1) is 0 Å². The lowest BCUT2D eigenvalue weighted by molar-refractivity contribution is -0.00668. The van der Waals surface area contributed by atoms with Crippen LogP contribution in [0.2, 0.25) is 0 Å². The molecule has 0 saturated heterocycles. The minimum absolute atomic E-state index is 0.456. The first-order valence-corrected chi connectivity index (χ1v) is 16.0. The molecule has 46 heavy (non-hydrogen) atoms. The molecule has 10 nitrogen and oxygen atoms in total. The summed E-state index contributed by atoms with van der Waals surface area (Å²) in [5.74, 6) is 1.52. The zero-order chi connectivity index (χ0) is 32.0. The highest BCUT2D eigenvalue weighted by Crippen LogP contribution is 2.17. The fourth-order valence-corrected chi connectivity index (χ4v) is 3.92. The Kier molecular flexibility index (Phi) is 22.0. The van der Waals surface area contributed by atoms with Crippen molar-refractivity contribution in [1.29, 1.82) is 0 Å². The van der Waals surface area contributed by atoms with Gasteiger partial charge in [0.25, 0.3) is 0 Å². The first-order chi connectivity index (χ1) is 22.9. The summed E-state index contributed by atoms with van der Waals surface area (Å²) in [7, 11) is 0. The topological polar surface area (TPSA) is 92.3 Å². The van der Waals surface area contributed by atoms with Crippen LogP contribution in [0.15, 0.2) is 84.9 Å². The molecule has 0 aliphatic heterocycles. The Bertz CT molecular complexity index is 983. The Balaban J connectivity index is 1.00. The molecule has 10 heteroatoms. The Hall–Kier alpha value is -3.06. The molecule has 3 rings (SSSR count). The largest absolute Gasteiger partial charge is 0.491 e. The summed E-state index contributed by atoms with van der Waals surface area (Å²) < 4.78 is 55.7. The average molecular weight is 643 g/mol. The van der Waals surface area contributed by atoms with Crippen LogP contribution in [0.3, 0.4) is 0 Å². The van der Waals surface area contributed by atoms with Gasteiger partial charge in [-0.25, -0.2) is 0 Å². The van der Waals surface area contributed by atoms with Crippen molar-refractivity contribution in [2.75, 3.05) is 106 Å². The quantitative estimate of drug-likeness (QED) is 0.0928. The number of hydrogen-bond acceptors (Lipinski definition) is 10. The molecular formula is C36H50O10. The average Bonchev–Trinajstić information content (AvgIpc) is 3.10. The zero-order valence-corrected chi connectivity index (χ0v) is 26.9. The number of hydrogen-bond donors (Lipinski definition) is 0. The van der Waals surface area contributed by atoms with Gasteiger partial charge in [0, 0.05) is 0 Å². The third-order valence-corrected chi connectivity index (χ3v) is 6.27. The van der Waals surface area contributed by atoms with Gasteiger partial charge in [-0.3, -0.25) is 0 Å². The molecule has 0 aromatic heterocycles. The molecule has 0 unspecified atom stereocenters. The smallest absolute Gasteiger partial charge is 0.119 e. The molecule has 254 valence electrons. The highest BCUT2D eigenvalue weighted by molar-refractivity contribution is 5.31. The summed E-state index contributed by atoms with van der Waals surface area (Å²) in [6.07, 6.45) is 0. The van der Waals surface area contributed by atoms with Crippen molar-refractivity contribution in [2.45, 2.75) is 13.2 Å².